The largest absolute Gasteiger partial charge is 0.481 e. The van der Waals surface area contributed by atoms with E-state index in [1.54, 1.807) is 72.0 Å². The minimum Gasteiger partial charge on any atom is -0.481 e. The van der Waals surface area contributed by atoms with Crippen LogP contribution in [0.15, 0.2) is 30.5 Å². The molecule has 95 heavy (non-hydrogen) atoms. The Labute approximate surface area is 562 Å². The number of aromatic nitrogens is 1. The molecule has 0 bridgehead atoms. The van der Waals surface area contributed by atoms with Gasteiger partial charge in [-0.15, -0.1) is 0 Å². The lowest BCUT2D eigenvalue weighted by molar-refractivity contribution is -0.142. The van der Waals surface area contributed by atoms with Gasteiger partial charge in [0.25, 0.3) is 0 Å². The van der Waals surface area contributed by atoms with Crippen molar-refractivity contribution in [1.29, 1.82) is 0 Å². The van der Waals surface area contributed by atoms with E-state index in [4.69, 9.17) is 11.5 Å². The molecule has 0 aliphatic heterocycles. The number of primary amides is 1. The molecule has 0 saturated carbocycles. The van der Waals surface area contributed by atoms with Crippen molar-refractivity contribution in [3.05, 3.63) is 36.0 Å². The molecular formula is C61H97N15O17S2. The first-order valence-corrected chi connectivity index (χ1v) is 32.6. The number of para-hydroxylation sites is 1. The Morgan fingerprint density at radius 2 is 0.811 bits per heavy atom. The molecule has 34 heteroatoms. The van der Waals surface area contributed by atoms with Crippen molar-refractivity contribution in [3.63, 3.8) is 0 Å². The molecule has 1 aromatic carbocycles. The van der Waals surface area contributed by atoms with Crippen molar-refractivity contribution in [2.45, 2.75) is 206 Å². The van der Waals surface area contributed by atoms with Gasteiger partial charge in [-0.05, 0) is 102 Å². The van der Waals surface area contributed by atoms with E-state index < -0.39 is 186 Å². The van der Waals surface area contributed by atoms with Crippen LogP contribution in [0.5, 0.6) is 0 Å². The maximum Gasteiger partial charge on any atom is 0.305 e. The number of thiol groups is 2. The number of fused-ring (bicyclic) bond motifs is 1. The minimum absolute atomic E-state index is 0.0382. The molecule has 0 spiro atoms. The maximum atomic E-state index is 14.5. The van der Waals surface area contributed by atoms with Crippen LogP contribution in [0.1, 0.15) is 133 Å². The molecule has 2 rings (SSSR count). The number of unbranched alkanes of at least 4 members (excludes halogenated alkanes) is 1. The van der Waals surface area contributed by atoms with Crippen LogP contribution in [0.25, 0.3) is 10.9 Å². The Morgan fingerprint density at radius 3 is 1.24 bits per heavy atom. The van der Waals surface area contributed by atoms with E-state index >= 15 is 0 Å². The summed E-state index contributed by atoms with van der Waals surface area (Å²) in [6.45, 7) is 15.7. The standard InChI is InChI=1S/C61H97N15O17S2/c1-29(2)21-41(71-57(89)43(23-31(5)6)72-61(93)47(28-95)76-51(83)33(8)65-35(10)77)56(88)69-40(18-19-48(78)79)54(86)70-42(22-30(3)4)58(90)74-45(25-49(80)81)59(91)68-39(17-13-14-20-62)53(85)73-44(24-36-26-64-38-16-12-11-15-37(36)38)55(87)67-34(9)52(84)75-46(27-94)60(92)66-32(7)50(63)82/h11-12,15-16,26,29-34,39-47,64,94-95H,13-14,17-25,27-28,62H2,1-10H3,(H2,63,82)(H,65,77)(H,66,92)(H,67,87)(H,68,91)(H,69,88)(H,70,86)(H,71,89)(H,72,93)(H,73,85)(H,74,90)(H,75,84)(H,76,83)(H,78,79)(H,80,81)/t32-,33-,34-,39-,40-,41-,42-,43-,44-,45-,46-,47-/m0/s1. The van der Waals surface area contributed by atoms with Crippen molar-refractivity contribution < 1.29 is 82.1 Å². The molecule has 13 amide bonds. The van der Waals surface area contributed by atoms with Crippen molar-refractivity contribution in [2.24, 2.45) is 29.2 Å². The first-order valence-electron chi connectivity index (χ1n) is 31.3. The molecule has 12 atom stereocenters. The highest BCUT2D eigenvalue weighted by molar-refractivity contribution is 7.80. The summed E-state index contributed by atoms with van der Waals surface area (Å²) in [5.41, 5.74) is 12.3. The van der Waals surface area contributed by atoms with E-state index in [0.717, 1.165) is 0 Å². The second kappa shape index (κ2) is 41.3. The third-order valence-corrected chi connectivity index (χ3v) is 15.3. The summed E-state index contributed by atoms with van der Waals surface area (Å²) in [6.07, 6.45) is -0.716. The fourth-order valence-electron chi connectivity index (χ4n) is 9.54. The third kappa shape index (κ3) is 29.8. The van der Waals surface area contributed by atoms with Crippen LogP contribution in [0.2, 0.25) is 0 Å². The van der Waals surface area contributed by atoms with Crippen LogP contribution in [0, 0.1) is 17.8 Å². The Morgan fingerprint density at radius 1 is 0.442 bits per heavy atom. The minimum atomic E-state index is -1.95. The number of carbonyl (C=O) groups excluding carboxylic acids is 13. The number of aromatic amines is 1. The first-order chi connectivity index (χ1) is 44.5. The molecule has 1 aromatic heterocycles. The molecule has 0 aliphatic carbocycles. The summed E-state index contributed by atoms with van der Waals surface area (Å²) in [7, 11) is 0. The molecule has 32 nitrogen and oxygen atoms in total. The Kier molecular flexibility index (Phi) is 35.9. The predicted molar refractivity (Wildman–Crippen MR) is 355 cm³/mol. The quantitative estimate of drug-likeness (QED) is 0.0242. The zero-order valence-electron chi connectivity index (χ0n) is 55.3. The van der Waals surface area contributed by atoms with Crippen LogP contribution in [0.4, 0.5) is 0 Å². The van der Waals surface area contributed by atoms with Crippen LogP contribution >= 0.6 is 25.3 Å². The summed E-state index contributed by atoms with van der Waals surface area (Å²) in [6, 6.07) is -9.96. The highest BCUT2D eigenvalue weighted by Gasteiger charge is 2.37. The number of aliphatic carboxylic acids is 2. The number of H-pyrrole nitrogens is 1. The van der Waals surface area contributed by atoms with Gasteiger partial charge in [-0.3, -0.25) is 71.9 Å². The van der Waals surface area contributed by atoms with Crippen molar-refractivity contribution in [3.8, 4) is 0 Å². The van der Waals surface area contributed by atoms with Gasteiger partial charge in [-0.2, -0.15) is 25.3 Å². The van der Waals surface area contributed by atoms with E-state index in [9.17, 15) is 82.1 Å². The topological polar surface area (TPSA) is 509 Å². The van der Waals surface area contributed by atoms with Crippen LogP contribution in [-0.4, -0.2) is 194 Å². The highest BCUT2D eigenvalue weighted by Crippen LogP contribution is 2.20. The molecule has 530 valence electrons. The van der Waals surface area contributed by atoms with E-state index in [-0.39, 0.29) is 68.4 Å². The Balaban J connectivity index is 2.51. The van der Waals surface area contributed by atoms with Gasteiger partial charge in [-0.1, -0.05) is 59.7 Å². The van der Waals surface area contributed by atoms with Gasteiger partial charge in [0, 0.05) is 48.4 Å². The second-order valence-electron chi connectivity index (χ2n) is 24.5. The average Bonchev–Trinajstić information content (AvgIpc) is 1.71. The van der Waals surface area contributed by atoms with Gasteiger partial charge in [0.1, 0.15) is 72.5 Å². The van der Waals surface area contributed by atoms with Crippen molar-refractivity contribution in [1.82, 2.24) is 68.8 Å². The summed E-state index contributed by atoms with van der Waals surface area (Å²) < 4.78 is 0. The zero-order valence-corrected chi connectivity index (χ0v) is 57.1. The summed E-state index contributed by atoms with van der Waals surface area (Å²) in [5.74, 6) is -15.9. The lowest BCUT2D eigenvalue weighted by Crippen LogP contribution is -2.61. The summed E-state index contributed by atoms with van der Waals surface area (Å²) in [5, 5.41) is 50.4. The van der Waals surface area contributed by atoms with Crippen LogP contribution in [-0.2, 0) is 78.3 Å². The summed E-state index contributed by atoms with van der Waals surface area (Å²) in [4.78, 5) is 203. The lowest BCUT2D eigenvalue weighted by Gasteiger charge is -2.29. The zero-order chi connectivity index (χ0) is 72.0. The number of carbonyl (C=O) groups is 15. The number of amides is 13. The molecule has 0 radical (unpaired) electrons. The molecule has 2 aromatic rings. The lowest BCUT2D eigenvalue weighted by atomic mass is 9.99. The smallest absolute Gasteiger partial charge is 0.305 e. The normalized spacial score (nSPS) is 15.0. The number of nitrogens with one attached hydrogen (secondary N) is 13. The van der Waals surface area contributed by atoms with Gasteiger partial charge in [0.2, 0.25) is 76.8 Å². The van der Waals surface area contributed by atoms with Gasteiger partial charge >= 0.3 is 11.9 Å². The third-order valence-electron chi connectivity index (χ3n) is 14.6. The average molecular weight is 1380 g/mol. The van der Waals surface area contributed by atoms with Crippen molar-refractivity contribution in [2.75, 3.05) is 18.1 Å². The monoisotopic (exact) mass is 1380 g/mol. The van der Waals surface area contributed by atoms with Crippen LogP contribution < -0.4 is 75.3 Å². The van der Waals surface area contributed by atoms with Gasteiger partial charge in [0.05, 0.1) is 6.42 Å². The number of benzene rings is 1. The Hall–Kier alpha value is -8.53. The number of carboxylic acid groups (broad SMARTS) is 2. The Bertz CT molecular complexity index is 3020. The van der Waals surface area contributed by atoms with Crippen molar-refractivity contribution >= 4 is 125 Å². The number of hydrogen-bond acceptors (Lipinski definition) is 18. The molecule has 0 aliphatic rings. The molecular weight excluding hydrogens is 1280 g/mol. The van der Waals surface area contributed by atoms with E-state index in [1.165, 1.54) is 27.7 Å². The maximum absolute atomic E-state index is 14.5. The molecule has 0 fully saturated rings. The van der Waals surface area contributed by atoms with Gasteiger partial charge < -0.3 is 90.5 Å². The highest BCUT2D eigenvalue weighted by atomic mass is 32.1. The number of rotatable bonds is 43. The van der Waals surface area contributed by atoms with Gasteiger partial charge in [0.15, 0.2) is 0 Å². The van der Waals surface area contributed by atoms with Crippen LogP contribution in [0.3, 0.4) is 0 Å². The molecule has 19 N–H and O–H groups in total. The predicted octanol–water partition coefficient (Wildman–Crippen LogP) is -2.44. The van der Waals surface area contributed by atoms with E-state index in [1.807, 2.05) is 0 Å². The molecule has 1 heterocycles. The fourth-order valence-corrected chi connectivity index (χ4v) is 10.1. The molecule has 0 saturated heterocycles. The summed E-state index contributed by atoms with van der Waals surface area (Å²) >= 11 is 8.32. The number of nitrogens with two attached hydrogens (primary N) is 2. The number of carboxylic acids is 2. The molecule has 0 unspecified atom stereocenters. The van der Waals surface area contributed by atoms with Gasteiger partial charge in [-0.25, -0.2) is 0 Å². The SMILES string of the molecule is CC(=O)N[C@@H](C)C(=O)N[C@@H](CS)C(=O)N[C@@H](CC(C)C)C(=O)N[C@@H](CC(C)C)C(=O)N[C@@H](CCC(=O)O)C(=O)N[C@@H](CC(C)C)C(=O)N[C@@H](CC(=O)O)C(=O)N[C@@H](CCCCN)C(=O)N[C@@H](Cc1c[nH]c2ccccc12)C(=O)N[C@@H](C)C(=O)N[C@@H](CS)C(=O)N[C@@H](C)C(N)=O. The first kappa shape index (κ1) is 82.6. The second-order valence-corrected chi connectivity index (χ2v) is 25.2. The number of hydrogen-bond donors (Lipinski definition) is 19. The van der Waals surface area contributed by atoms with E-state index in [0.29, 0.717) is 22.9 Å². The van der Waals surface area contributed by atoms with E-state index in [2.05, 4.69) is 94.0 Å². The fraction of sp³-hybridized carbons (Fsp3) is 0.623.